The van der Waals surface area contributed by atoms with Gasteiger partial charge in [0, 0.05) is 0 Å². The molecule has 4 heteroatoms. The Bertz CT molecular complexity index is 172. The first-order chi connectivity index (χ1) is 3.83. The van der Waals surface area contributed by atoms with Gasteiger partial charge in [-0.15, -0.1) is 0 Å². The van der Waals surface area contributed by atoms with Gasteiger partial charge in [0.15, 0.2) is 5.82 Å². The Labute approximate surface area is 46.7 Å². The molecule has 0 aliphatic carbocycles. The Balaban J connectivity index is 2.84. The zero-order valence-electron chi connectivity index (χ0n) is 4.59. The van der Waals surface area contributed by atoms with E-state index in [9.17, 15) is 0 Å². The summed E-state index contributed by atoms with van der Waals surface area (Å²) in [6.45, 7) is 2.07. The molecule has 4 nitrogen and oxygen atoms in total. The number of nitrogens with two attached hydrogens (primary N) is 1. The molecule has 0 radical (unpaired) electrons. The van der Waals surface area contributed by atoms with E-state index in [0.29, 0.717) is 18.3 Å². The monoisotopic (exact) mass is 113 g/mol. The summed E-state index contributed by atoms with van der Waals surface area (Å²) >= 11 is 0. The lowest BCUT2D eigenvalue weighted by atomic mass is 10.6. The molecule has 44 valence electrons. The second-order valence-corrected chi connectivity index (χ2v) is 1.44. The summed E-state index contributed by atoms with van der Waals surface area (Å²) in [7, 11) is 0. The van der Waals surface area contributed by atoms with Gasteiger partial charge in [0.25, 0.3) is 0 Å². The molecule has 0 bridgehead atoms. The fourth-order valence-corrected chi connectivity index (χ4v) is 0.423. The lowest BCUT2D eigenvalue weighted by Gasteiger charge is -1.75. The third kappa shape index (κ3) is 0.840. The topological polar surface area (TPSA) is 64.9 Å². The van der Waals surface area contributed by atoms with Crippen LogP contribution in [0.1, 0.15) is 11.7 Å². The van der Waals surface area contributed by atoms with Gasteiger partial charge in [-0.2, -0.15) is 4.98 Å². The number of hydrogen-bond acceptors (Lipinski definition) is 4. The van der Waals surface area contributed by atoms with E-state index in [1.807, 2.05) is 0 Å². The van der Waals surface area contributed by atoms with Crippen molar-refractivity contribution in [2.24, 2.45) is 5.73 Å². The normalized spacial score (nSPS) is 9.75. The van der Waals surface area contributed by atoms with Gasteiger partial charge >= 0.3 is 0 Å². The molecule has 1 heterocycles. The van der Waals surface area contributed by atoms with E-state index < -0.39 is 0 Å². The van der Waals surface area contributed by atoms with E-state index in [1.165, 1.54) is 0 Å². The quantitative estimate of drug-likeness (QED) is 0.549. The van der Waals surface area contributed by atoms with Crippen molar-refractivity contribution in [2.45, 2.75) is 13.5 Å². The highest BCUT2D eigenvalue weighted by atomic mass is 16.5. The molecule has 0 atom stereocenters. The SMILES string of the molecule is Cc1noc(CN)n1. The third-order valence-corrected chi connectivity index (χ3v) is 0.744. The van der Waals surface area contributed by atoms with Crippen LogP contribution >= 0.6 is 0 Å². The van der Waals surface area contributed by atoms with Gasteiger partial charge in [-0.1, -0.05) is 5.16 Å². The molecule has 0 spiro atoms. The molecule has 2 N–H and O–H groups in total. The molecule has 0 aliphatic heterocycles. The maximum Gasteiger partial charge on any atom is 0.240 e. The van der Waals surface area contributed by atoms with Crippen molar-refractivity contribution in [1.82, 2.24) is 10.1 Å². The fourth-order valence-electron chi connectivity index (χ4n) is 0.423. The molecule has 0 fully saturated rings. The van der Waals surface area contributed by atoms with Gasteiger partial charge in [0.2, 0.25) is 5.89 Å². The van der Waals surface area contributed by atoms with Gasteiger partial charge in [0.05, 0.1) is 6.54 Å². The molecule has 0 saturated carbocycles. The van der Waals surface area contributed by atoms with E-state index in [-0.39, 0.29) is 0 Å². The van der Waals surface area contributed by atoms with Gasteiger partial charge < -0.3 is 10.3 Å². The second-order valence-electron chi connectivity index (χ2n) is 1.44. The number of aromatic nitrogens is 2. The maximum atomic E-state index is 5.17. The van der Waals surface area contributed by atoms with Crippen molar-refractivity contribution in [3.8, 4) is 0 Å². The summed E-state index contributed by atoms with van der Waals surface area (Å²) < 4.78 is 4.63. The average Bonchev–Trinajstić information content (AvgIpc) is 2.14. The van der Waals surface area contributed by atoms with Crippen molar-refractivity contribution in [3.05, 3.63) is 11.7 Å². The molecule has 0 amide bonds. The van der Waals surface area contributed by atoms with Crippen LogP contribution in [0, 0.1) is 6.92 Å². The zero-order valence-corrected chi connectivity index (χ0v) is 4.59. The van der Waals surface area contributed by atoms with Crippen LogP contribution < -0.4 is 5.73 Å². The second kappa shape index (κ2) is 1.92. The van der Waals surface area contributed by atoms with E-state index >= 15 is 0 Å². The molecule has 0 aliphatic rings. The summed E-state index contributed by atoms with van der Waals surface area (Å²) in [6, 6.07) is 0. The Morgan fingerprint density at radius 3 is 2.75 bits per heavy atom. The molecule has 8 heavy (non-hydrogen) atoms. The molecule has 0 unspecified atom stereocenters. The summed E-state index contributed by atoms with van der Waals surface area (Å²) in [6.07, 6.45) is 0. The minimum absolute atomic E-state index is 0.320. The summed E-state index contributed by atoms with van der Waals surface area (Å²) in [5, 5.41) is 3.52. The van der Waals surface area contributed by atoms with Gasteiger partial charge in [0.1, 0.15) is 0 Å². The van der Waals surface area contributed by atoms with Crippen molar-refractivity contribution in [3.63, 3.8) is 0 Å². The first-order valence-electron chi connectivity index (χ1n) is 2.32. The van der Waals surface area contributed by atoms with Crippen LogP contribution in [0.15, 0.2) is 4.52 Å². The lowest BCUT2D eigenvalue weighted by molar-refractivity contribution is 0.376. The number of aryl methyl sites for hydroxylation is 1. The van der Waals surface area contributed by atoms with Crippen molar-refractivity contribution < 1.29 is 4.52 Å². The average molecular weight is 113 g/mol. The van der Waals surface area contributed by atoms with Crippen LogP contribution in [0.5, 0.6) is 0 Å². The van der Waals surface area contributed by atoms with Crippen LogP contribution in [0.4, 0.5) is 0 Å². The molecule has 0 aromatic carbocycles. The Morgan fingerprint density at radius 2 is 2.50 bits per heavy atom. The fraction of sp³-hybridized carbons (Fsp3) is 0.500. The molecular weight excluding hydrogens is 106 g/mol. The molecule has 1 rings (SSSR count). The number of rotatable bonds is 1. The van der Waals surface area contributed by atoms with Crippen LogP contribution in [0.25, 0.3) is 0 Å². The van der Waals surface area contributed by atoms with Gasteiger partial charge in [-0.3, -0.25) is 0 Å². The Hall–Kier alpha value is -0.900. The van der Waals surface area contributed by atoms with Crippen LogP contribution in [0.3, 0.4) is 0 Å². The summed E-state index contributed by atoms with van der Waals surface area (Å²) in [4.78, 5) is 3.83. The minimum atomic E-state index is 0.320. The van der Waals surface area contributed by atoms with E-state index in [0.717, 1.165) is 0 Å². The number of hydrogen-bond donors (Lipinski definition) is 1. The van der Waals surface area contributed by atoms with Gasteiger partial charge in [-0.25, -0.2) is 0 Å². The molecule has 1 aromatic heterocycles. The van der Waals surface area contributed by atoms with Gasteiger partial charge in [-0.05, 0) is 6.92 Å². The van der Waals surface area contributed by atoms with Crippen LogP contribution in [0.2, 0.25) is 0 Å². The van der Waals surface area contributed by atoms with Crippen molar-refractivity contribution in [2.75, 3.05) is 0 Å². The largest absolute Gasteiger partial charge is 0.338 e. The predicted molar refractivity (Wildman–Crippen MR) is 26.9 cm³/mol. The number of nitrogens with zero attached hydrogens (tertiary/aromatic N) is 2. The van der Waals surface area contributed by atoms with Crippen LogP contribution in [-0.4, -0.2) is 10.1 Å². The van der Waals surface area contributed by atoms with Crippen LogP contribution in [-0.2, 0) is 6.54 Å². The van der Waals surface area contributed by atoms with Crippen molar-refractivity contribution >= 4 is 0 Å². The van der Waals surface area contributed by atoms with Crippen molar-refractivity contribution in [1.29, 1.82) is 0 Å². The predicted octanol–water partition coefficient (Wildman–Crippen LogP) is -0.163. The summed E-state index contributed by atoms with van der Waals surface area (Å²) in [5.41, 5.74) is 5.17. The first-order valence-corrected chi connectivity index (χ1v) is 2.32. The van der Waals surface area contributed by atoms with E-state index in [4.69, 9.17) is 5.73 Å². The van der Waals surface area contributed by atoms with E-state index in [1.54, 1.807) is 6.92 Å². The Kier molecular flexibility index (Phi) is 1.26. The highest BCUT2D eigenvalue weighted by molar-refractivity contribution is 4.80. The highest BCUT2D eigenvalue weighted by Gasteiger charge is 1.95. The molecule has 1 aromatic rings. The Morgan fingerprint density at radius 1 is 1.75 bits per heavy atom. The summed E-state index contributed by atoms with van der Waals surface area (Å²) in [5.74, 6) is 1.12. The minimum Gasteiger partial charge on any atom is -0.338 e. The zero-order chi connectivity index (χ0) is 5.98. The standard InChI is InChI=1S/C4H7N3O/c1-3-6-4(2-5)8-7-3/h2,5H2,1H3. The molecular formula is C4H7N3O. The maximum absolute atomic E-state index is 5.17. The lowest BCUT2D eigenvalue weighted by Crippen LogP contribution is -1.95. The first kappa shape index (κ1) is 5.24. The van der Waals surface area contributed by atoms with E-state index in [2.05, 4.69) is 14.7 Å². The highest BCUT2D eigenvalue weighted by Crippen LogP contribution is 1.91. The third-order valence-electron chi connectivity index (χ3n) is 0.744. The smallest absolute Gasteiger partial charge is 0.240 e. The molecule has 0 saturated heterocycles.